The van der Waals surface area contributed by atoms with E-state index in [0.717, 1.165) is 5.39 Å². The standard InChI is InChI=1S/C9H8NO4P.Ag.Al.Mg.Zn.2H/c11-15(12,13)14-8-5-1-3-7-4-2-6-10-9(7)8;;;;;;/h1-6H,(H2,11,12,13);;;;;;/q;;;+2;;2*-1. The van der Waals surface area contributed by atoms with Crippen LogP contribution in [-0.2, 0) is 46.4 Å². The number of benzene rings is 1. The zero-order valence-electron chi connectivity index (χ0n) is 11.9. The number of fused-ring (bicyclic) bond motifs is 1. The van der Waals surface area contributed by atoms with Gasteiger partial charge in [0.2, 0.25) is 0 Å². The third-order valence-electron chi connectivity index (χ3n) is 1.81. The molecule has 5 nitrogen and oxygen atoms in total. The number of pyridine rings is 1. The van der Waals surface area contributed by atoms with E-state index in [0.29, 0.717) is 5.52 Å². The van der Waals surface area contributed by atoms with Gasteiger partial charge in [0.25, 0.3) is 0 Å². The molecule has 0 fully saturated rings. The summed E-state index contributed by atoms with van der Waals surface area (Å²) in [7, 11) is -4.53. The maximum atomic E-state index is 10.7. The summed E-state index contributed by atoms with van der Waals surface area (Å²) in [4.78, 5) is 21.4. The Morgan fingerprint density at radius 3 is 2.37 bits per heavy atom. The molecule has 0 saturated carbocycles. The third-order valence-corrected chi connectivity index (χ3v) is 2.25. The number of phosphoric acid groups is 1. The molecule has 0 bridgehead atoms. The average molecular weight is 452 g/mol. The maximum Gasteiger partial charge on any atom is 2.00 e. The first kappa shape index (κ1) is 25.2. The first-order chi connectivity index (χ1) is 7.06. The van der Waals surface area contributed by atoms with Gasteiger partial charge in [-0.3, -0.25) is 14.8 Å². The summed E-state index contributed by atoms with van der Waals surface area (Å²) in [5.74, 6) is 0.0847. The van der Waals surface area contributed by atoms with Gasteiger partial charge < -0.3 is 7.38 Å². The SMILES string of the molecule is O=P(O)(O)Oc1cccc2cccnc12.[Ag].[Al].[H-].[H-].[Mg+2].[Zn]. The van der Waals surface area contributed by atoms with Gasteiger partial charge in [-0.15, -0.1) is 0 Å². The van der Waals surface area contributed by atoms with E-state index in [1.807, 2.05) is 0 Å². The normalized spacial score (nSPS) is 9.16. The quantitative estimate of drug-likeness (QED) is 0.529. The number of aromatic nitrogens is 1. The number of rotatable bonds is 2. The Balaban J connectivity index is -0.000000142. The van der Waals surface area contributed by atoms with Gasteiger partial charge in [0.15, 0.2) is 5.75 Å². The number of nitrogens with zero attached hydrogens (tertiary/aromatic N) is 1. The molecule has 0 unspecified atom stereocenters. The Morgan fingerprint density at radius 2 is 1.79 bits per heavy atom. The molecule has 0 spiro atoms. The van der Waals surface area contributed by atoms with Crippen LogP contribution in [0.5, 0.6) is 5.75 Å². The minimum Gasteiger partial charge on any atom is -1.00 e. The van der Waals surface area contributed by atoms with E-state index in [1.54, 1.807) is 24.3 Å². The van der Waals surface area contributed by atoms with Crippen LogP contribution in [-0.4, -0.2) is 55.2 Å². The third kappa shape index (κ3) is 7.71. The van der Waals surface area contributed by atoms with Crippen molar-refractivity contribution in [2.75, 3.05) is 0 Å². The van der Waals surface area contributed by atoms with Crippen molar-refractivity contribution in [3.05, 3.63) is 36.5 Å². The second-order valence-electron chi connectivity index (χ2n) is 2.91. The summed E-state index contributed by atoms with van der Waals surface area (Å²) in [6, 6.07) is 8.43. The fourth-order valence-corrected chi connectivity index (χ4v) is 1.68. The molecule has 0 atom stereocenters. The largest absolute Gasteiger partial charge is 2.00 e. The zero-order chi connectivity index (χ0) is 10.9. The maximum absolute atomic E-state index is 10.7. The van der Waals surface area contributed by atoms with Crippen molar-refractivity contribution < 1.29 is 63.6 Å². The Labute approximate surface area is 168 Å². The average Bonchev–Trinajstić information content (AvgIpc) is 2.16. The summed E-state index contributed by atoms with van der Waals surface area (Å²) in [6.07, 6.45) is 1.54. The molecule has 98 valence electrons. The fraction of sp³-hybridized carbons (Fsp3) is 0. The van der Waals surface area contributed by atoms with Gasteiger partial charge in [-0.1, -0.05) is 18.2 Å². The summed E-state index contributed by atoms with van der Waals surface area (Å²) in [5.41, 5.74) is 0.434. The Morgan fingerprint density at radius 1 is 1.21 bits per heavy atom. The van der Waals surface area contributed by atoms with E-state index in [2.05, 4.69) is 9.51 Å². The minimum absolute atomic E-state index is 0. The van der Waals surface area contributed by atoms with Gasteiger partial charge >= 0.3 is 30.9 Å². The Kier molecular flexibility index (Phi) is 14.5. The monoisotopic (exact) mass is 449 g/mol. The Bertz CT molecular complexity index is 563. The van der Waals surface area contributed by atoms with Crippen molar-refractivity contribution in [3.8, 4) is 5.75 Å². The van der Waals surface area contributed by atoms with Crippen LogP contribution in [0, 0.1) is 0 Å². The predicted molar refractivity (Wildman–Crippen MR) is 68.1 cm³/mol. The molecular formula is C9H10AgAlMgNO4PZn. The number of hydrogen-bond acceptors (Lipinski definition) is 3. The van der Waals surface area contributed by atoms with Crippen LogP contribution in [0.4, 0.5) is 0 Å². The zero-order valence-corrected chi connectivity index (χ0v) is 17.8. The number of phosphoric ester groups is 1. The van der Waals surface area contributed by atoms with Gasteiger partial charge in [-0.2, -0.15) is 0 Å². The molecule has 2 rings (SSSR count). The van der Waals surface area contributed by atoms with Crippen molar-refractivity contribution in [1.82, 2.24) is 4.98 Å². The smallest absolute Gasteiger partial charge is 1.00 e. The molecule has 0 saturated heterocycles. The second-order valence-corrected chi connectivity index (χ2v) is 4.08. The van der Waals surface area contributed by atoms with Crippen molar-refractivity contribution in [1.29, 1.82) is 0 Å². The van der Waals surface area contributed by atoms with Crippen molar-refractivity contribution in [3.63, 3.8) is 0 Å². The molecule has 0 amide bonds. The van der Waals surface area contributed by atoms with Crippen molar-refractivity contribution >= 4 is 59.1 Å². The second kappa shape index (κ2) is 10.9. The van der Waals surface area contributed by atoms with E-state index in [1.165, 1.54) is 12.3 Å². The molecule has 19 heavy (non-hydrogen) atoms. The van der Waals surface area contributed by atoms with Crippen LogP contribution in [0.3, 0.4) is 0 Å². The summed E-state index contributed by atoms with van der Waals surface area (Å²) in [6.45, 7) is 0. The van der Waals surface area contributed by atoms with Gasteiger partial charge in [-0.25, -0.2) is 4.57 Å². The molecule has 4 radical (unpaired) electrons. The van der Waals surface area contributed by atoms with E-state index < -0.39 is 7.82 Å². The molecule has 2 aromatic rings. The van der Waals surface area contributed by atoms with Gasteiger partial charge in [0.05, 0.1) is 0 Å². The van der Waals surface area contributed by atoms with Crippen LogP contribution in [0.15, 0.2) is 36.5 Å². The van der Waals surface area contributed by atoms with Crippen LogP contribution in [0.25, 0.3) is 10.9 Å². The van der Waals surface area contributed by atoms with E-state index in [9.17, 15) is 4.57 Å². The number of para-hydroxylation sites is 1. The van der Waals surface area contributed by atoms with Gasteiger partial charge in [0, 0.05) is 70.8 Å². The van der Waals surface area contributed by atoms with Crippen molar-refractivity contribution in [2.45, 2.75) is 0 Å². The molecule has 0 aliphatic rings. The molecule has 1 heterocycles. The fourth-order valence-electron chi connectivity index (χ4n) is 1.28. The van der Waals surface area contributed by atoms with Crippen LogP contribution < -0.4 is 4.52 Å². The molecule has 10 heteroatoms. The molecule has 0 aliphatic heterocycles. The number of hydrogen-bond donors (Lipinski definition) is 2. The van der Waals surface area contributed by atoms with E-state index in [-0.39, 0.29) is 90.9 Å². The summed E-state index contributed by atoms with van der Waals surface area (Å²) in [5, 5.41) is 0.767. The summed E-state index contributed by atoms with van der Waals surface area (Å²) < 4.78 is 15.2. The minimum atomic E-state index is -4.53. The van der Waals surface area contributed by atoms with Crippen LogP contribution in [0.2, 0.25) is 0 Å². The molecule has 2 N–H and O–H groups in total. The molecular weight excluding hydrogens is 442 g/mol. The van der Waals surface area contributed by atoms with Crippen molar-refractivity contribution in [2.24, 2.45) is 0 Å². The predicted octanol–water partition coefficient (Wildman–Crippen LogP) is 1.16. The first-order valence-corrected chi connectivity index (χ1v) is 5.68. The Hall–Kier alpha value is 1.24. The van der Waals surface area contributed by atoms with Gasteiger partial charge in [0.1, 0.15) is 5.52 Å². The topological polar surface area (TPSA) is 79.7 Å². The van der Waals surface area contributed by atoms with Gasteiger partial charge in [-0.05, 0) is 12.1 Å². The van der Waals surface area contributed by atoms with E-state index in [4.69, 9.17) is 9.79 Å². The first-order valence-electron chi connectivity index (χ1n) is 4.15. The molecule has 0 aliphatic carbocycles. The molecule has 1 aromatic heterocycles. The summed E-state index contributed by atoms with van der Waals surface area (Å²) >= 11 is 0. The van der Waals surface area contributed by atoms with Crippen LogP contribution in [0.1, 0.15) is 2.85 Å². The van der Waals surface area contributed by atoms with E-state index >= 15 is 0 Å². The van der Waals surface area contributed by atoms with Crippen LogP contribution >= 0.6 is 7.82 Å². The molecule has 1 aromatic carbocycles.